The minimum atomic E-state index is -0.799. The van der Waals surface area contributed by atoms with Gasteiger partial charge in [-0.1, -0.05) is 6.07 Å². The van der Waals surface area contributed by atoms with E-state index >= 15 is 0 Å². The lowest BCUT2D eigenvalue weighted by Gasteiger charge is -2.35. The van der Waals surface area contributed by atoms with Gasteiger partial charge in [-0.3, -0.25) is 0 Å². The fraction of sp³-hybridized carbons (Fsp3) is 0.421. The van der Waals surface area contributed by atoms with E-state index in [-0.39, 0.29) is 0 Å². The summed E-state index contributed by atoms with van der Waals surface area (Å²) in [7, 11) is 0. The van der Waals surface area contributed by atoms with Gasteiger partial charge in [0, 0.05) is 45.3 Å². The number of nitrogens with zero attached hydrogens (tertiary/aromatic N) is 5. The Morgan fingerprint density at radius 2 is 1.69 bits per heavy atom. The van der Waals surface area contributed by atoms with Crippen LogP contribution in [-0.4, -0.2) is 73.6 Å². The molecule has 0 bridgehead atoms. The second-order valence-electron chi connectivity index (χ2n) is 6.87. The molecule has 2 amide bonds. The van der Waals surface area contributed by atoms with Gasteiger partial charge in [0.15, 0.2) is 5.82 Å². The number of piperazine rings is 1. The van der Waals surface area contributed by atoms with Gasteiger partial charge in [0.05, 0.1) is 25.1 Å². The third-order valence-electron chi connectivity index (χ3n) is 5.09. The van der Waals surface area contributed by atoms with E-state index in [1.807, 2.05) is 11.0 Å². The number of rotatable bonds is 3. The first-order chi connectivity index (χ1) is 14.1. The van der Waals surface area contributed by atoms with Crippen molar-refractivity contribution in [3.8, 4) is 0 Å². The van der Waals surface area contributed by atoms with E-state index in [2.05, 4.69) is 20.4 Å². The molecule has 0 radical (unpaired) electrons. The molecule has 8 nitrogen and oxygen atoms in total. The van der Waals surface area contributed by atoms with Crippen molar-refractivity contribution in [1.29, 1.82) is 0 Å². The van der Waals surface area contributed by atoms with E-state index in [9.17, 15) is 13.6 Å². The SMILES string of the molecule is O=C(Nc1c(F)cccc1F)N1CCN(c2cc(N3CCOCC3)cnn2)CC1. The highest BCUT2D eigenvalue weighted by Crippen LogP contribution is 2.22. The molecule has 4 rings (SSSR count). The van der Waals surface area contributed by atoms with Crippen molar-refractivity contribution in [1.82, 2.24) is 15.1 Å². The molecule has 0 atom stereocenters. The summed E-state index contributed by atoms with van der Waals surface area (Å²) in [6.45, 7) is 4.92. The van der Waals surface area contributed by atoms with Crippen LogP contribution < -0.4 is 15.1 Å². The fourth-order valence-corrected chi connectivity index (χ4v) is 3.44. The molecule has 2 saturated heterocycles. The molecule has 154 valence electrons. The van der Waals surface area contributed by atoms with Gasteiger partial charge < -0.3 is 24.8 Å². The molecule has 1 N–H and O–H groups in total. The Balaban J connectivity index is 1.36. The number of amides is 2. The number of halogens is 2. The van der Waals surface area contributed by atoms with Crippen LogP contribution in [0.15, 0.2) is 30.5 Å². The van der Waals surface area contributed by atoms with Crippen molar-refractivity contribution >= 4 is 23.2 Å². The number of carbonyl (C=O) groups excluding carboxylic acids is 1. The zero-order valence-electron chi connectivity index (χ0n) is 15.9. The van der Waals surface area contributed by atoms with Crippen LogP contribution in [0, 0.1) is 11.6 Å². The Bertz CT molecular complexity index is 849. The van der Waals surface area contributed by atoms with E-state index in [1.165, 1.54) is 11.0 Å². The maximum Gasteiger partial charge on any atom is 0.322 e. The highest BCUT2D eigenvalue weighted by Gasteiger charge is 2.24. The number of carbonyl (C=O) groups is 1. The molecule has 0 saturated carbocycles. The van der Waals surface area contributed by atoms with Crippen LogP contribution in [0.2, 0.25) is 0 Å². The van der Waals surface area contributed by atoms with Crippen LogP contribution in [0.1, 0.15) is 0 Å². The average molecular weight is 404 g/mol. The van der Waals surface area contributed by atoms with Gasteiger partial charge in [-0.25, -0.2) is 13.6 Å². The first-order valence-electron chi connectivity index (χ1n) is 9.52. The number of morpholine rings is 1. The molecule has 1 aromatic carbocycles. The van der Waals surface area contributed by atoms with E-state index in [1.54, 1.807) is 6.20 Å². The second kappa shape index (κ2) is 8.56. The van der Waals surface area contributed by atoms with Crippen molar-refractivity contribution < 1.29 is 18.3 Å². The molecule has 0 spiro atoms. The van der Waals surface area contributed by atoms with Gasteiger partial charge >= 0.3 is 6.03 Å². The number of para-hydroxylation sites is 1. The van der Waals surface area contributed by atoms with Crippen LogP contribution in [-0.2, 0) is 4.74 Å². The van der Waals surface area contributed by atoms with Gasteiger partial charge in [0.25, 0.3) is 0 Å². The number of ether oxygens (including phenoxy) is 1. The van der Waals surface area contributed by atoms with Gasteiger partial charge in [-0.15, -0.1) is 5.10 Å². The van der Waals surface area contributed by atoms with Crippen LogP contribution in [0.3, 0.4) is 0 Å². The van der Waals surface area contributed by atoms with E-state index in [4.69, 9.17) is 4.74 Å². The Morgan fingerprint density at radius 1 is 1.00 bits per heavy atom. The minimum absolute atomic E-state index is 0.408. The van der Waals surface area contributed by atoms with Gasteiger partial charge in [0.2, 0.25) is 0 Å². The molecule has 10 heteroatoms. The topological polar surface area (TPSA) is 73.8 Å². The predicted molar refractivity (Wildman–Crippen MR) is 104 cm³/mol. The quantitative estimate of drug-likeness (QED) is 0.843. The van der Waals surface area contributed by atoms with Gasteiger partial charge in [0.1, 0.15) is 17.3 Å². The summed E-state index contributed by atoms with van der Waals surface area (Å²) < 4.78 is 32.9. The largest absolute Gasteiger partial charge is 0.378 e. The van der Waals surface area contributed by atoms with Crippen LogP contribution in [0.4, 0.5) is 30.8 Å². The van der Waals surface area contributed by atoms with Crippen LogP contribution in [0.5, 0.6) is 0 Å². The normalized spacial score (nSPS) is 17.4. The van der Waals surface area contributed by atoms with Crippen molar-refractivity contribution in [2.75, 3.05) is 67.6 Å². The fourth-order valence-electron chi connectivity index (χ4n) is 3.44. The molecule has 0 aliphatic carbocycles. The molecular weight excluding hydrogens is 382 g/mol. The lowest BCUT2D eigenvalue weighted by molar-refractivity contribution is 0.122. The number of hydrogen-bond acceptors (Lipinski definition) is 6. The summed E-state index contributed by atoms with van der Waals surface area (Å²) in [5.74, 6) is -0.853. The Kier molecular flexibility index (Phi) is 5.70. The number of nitrogens with one attached hydrogen (secondary N) is 1. The van der Waals surface area contributed by atoms with Crippen molar-refractivity contribution in [2.24, 2.45) is 0 Å². The van der Waals surface area contributed by atoms with Crippen molar-refractivity contribution in [3.63, 3.8) is 0 Å². The number of anilines is 3. The van der Waals surface area contributed by atoms with E-state index < -0.39 is 23.4 Å². The monoisotopic (exact) mass is 404 g/mol. The third-order valence-corrected chi connectivity index (χ3v) is 5.09. The number of urea groups is 1. The minimum Gasteiger partial charge on any atom is -0.378 e. The summed E-state index contributed by atoms with van der Waals surface area (Å²) >= 11 is 0. The standard InChI is InChI=1S/C19H22F2N6O2/c20-15-2-1-3-16(21)18(15)23-19(28)27-6-4-26(5-7-27)17-12-14(13-22-24-17)25-8-10-29-11-9-25/h1-3,12-13H,4-11H2,(H,23,28). The molecule has 1 aromatic heterocycles. The summed E-state index contributed by atoms with van der Waals surface area (Å²) in [6, 6.07) is 4.93. The molecule has 29 heavy (non-hydrogen) atoms. The van der Waals surface area contributed by atoms with Crippen molar-refractivity contribution in [2.45, 2.75) is 0 Å². The predicted octanol–water partition coefficient (Wildman–Crippen LogP) is 1.95. The second-order valence-corrected chi connectivity index (χ2v) is 6.87. The Hall–Kier alpha value is -3.01. The Morgan fingerprint density at radius 3 is 2.38 bits per heavy atom. The first kappa shape index (κ1) is 19.3. The lowest BCUT2D eigenvalue weighted by Crippen LogP contribution is -2.50. The summed E-state index contributed by atoms with van der Waals surface area (Å²) in [4.78, 5) is 18.2. The molecular formula is C19H22F2N6O2. The molecule has 2 aromatic rings. The van der Waals surface area contributed by atoms with Gasteiger partial charge in [-0.05, 0) is 12.1 Å². The number of benzene rings is 1. The Labute approximate surface area is 167 Å². The van der Waals surface area contributed by atoms with E-state index in [0.29, 0.717) is 39.4 Å². The smallest absolute Gasteiger partial charge is 0.322 e. The maximum atomic E-state index is 13.7. The third kappa shape index (κ3) is 4.37. The molecule has 2 aliphatic rings. The molecule has 3 heterocycles. The average Bonchev–Trinajstić information content (AvgIpc) is 2.77. The van der Waals surface area contributed by atoms with Gasteiger partial charge in [-0.2, -0.15) is 5.10 Å². The van der Waals surface area contributed by atoms with Crippen molar-refractivity contribution in [3.05, 3.63) is 42.1 Å². The molecule has 2 aliphatic heterocycles. The zero-order valence-corrected chi connectivity index (χ0v) is 15.9. The van der Waals surface area contributed by atoms with Crippen LogP contribution >= 0.6 is 0 Å². The molecule has 2 fully saturated rings. The highest BCUT2D eigenvalue weighted by atomic mass is 19.1. The lowest BCUT2D eigenvalue weighted by atomic mass is 10.2. The number of hydrogen-bond donors (Lipinski definition) is 1. The summed E-state index contributed by atoms with van der Waals surface area (Å²) in [5, 5.41) is 10.7. The highest BCUT2D eigenvalue weighted by molar-refractivity contribution is 5.89. The van der Waals surface area contributed by atoms with Crippen LogP contribution in [0.25, 0.3) is 0 Å². The zero-order chi connectivity index (χ0) is 20.2. The molecule has 0 unspecified atom stereocenters. The summed E-state index contributed by atoms with van der Waals surface area (Å²) in [6.07, 6.45) is 1.74. The summed E-state index contributed by atoms with van der Waals surface area (Å²) in [5.41, 5.74) is 0.567. The van der Waals surface area contributed by atoms with E-state index in [0.717, 1.165) is 36.7 Å². The number of aromatic nitrogens is 2. The maximum absolute atomic E-state index is 13.7. The first-order valence-corrected chi connectivity index (χ1v) is 9.52.